The number of aryl methyl sites for hydroxylation is 1. The molecular formula is C29H27F3N6O4S. The number of sulfonamides is 1. The SMILES string of the molecule is COc1ncc(-c2c(C)ncnc2-c2ccc(C(=O)N3CCN(C)CC3)c(F)c2)cc1NS(=O)(=O)c1ccc(F)cc1F. The number of pyridine rings is 1. The van der Waals surface area contributed by atoms with Crippen LogP contribution in [0.25, 0.3) is 22.4 Å². The van der Waals surface area contributed by atoms with E-state index in [1.165, 1.54) is 37.8 Å². The normalized spacial score (nSPS) is 14.0. The molecule has 3 heterocycles. The fourth-order valence-corrected chi connectivity index (χ4v) is 5.88. The van der Waals surface area contributed by atoms with Crippen molar-refractivity contribution in [3.63, 3.8) is 0 Å². The molecule has 0 bridgehead atoms. The van der Waals surface area contributed by atoms with Gasteiger partial charge in [0, 0.05) is 60.8 Å². The second-order valence-electron chi connectivity index (χ2n) is 9.93. The number of hydrogen-bond donors (Lipinski definition) is 1. The molecule has 1 amide bonds. The number of likely N-dealkylation sites (N-methyl/N-ethyl adjacent to an activating group) is 1. The van der Waals surface area contributed by atoms with Gasteiger partial charge in [-0.2, -0.15) is 0 Å². The number of methoxy groups -OCH3 is 1. The largest absolute Gasteiger partial charge is 0.480 e. The molecule has 0 saturated carbocycles. The third-order valence-electron chi connectivity index (χ3n) is 7.06. The van der Waals surface area contributed by atoms with Gasteiger partial charge in [0.15, 0.2) is 0 Å². The molecular weight excluding hydrogens is 585 g/mol. The first-order valence-electron chi connectivity index (χ1n) is 13.1. The van der Waals surface area contributed by atoms with E-state index in [2.05, 4.69) is 24.6 Å². The van der Waals surface area contributed by atoms with E-state index >= 15 is 4.39 Å². The minimum Gasteiger partial charge on any atom is -0.480 e. The van der Waals surface area contributed by atoms with Gasteiger partial charge in [-0.05, 0) is 44.3 Å². The molecule has 1 fully saturated rings. The summed E-state index contributed by atoms with van der Waals surface area (Å²) in [5.41, 5.74) is 1.66. The number of nitrogens with zero attached hydrogens (tertiary/aromatic N) is 5. The molecule has 1 aliphatic heterocycles. The molecule has 1 aliphatic rings. The van der Waals surface area contributed by atoms with Gasteiger partial charge in [0.05, 0.1) is 18.4 Å². The summed E-state index contributed by atoms with van der Waals surface area (Å²) in [4.78, 5) is 28.7. The number of rotatable bonds is 7. The lowest BCUT2D eigenvalue weighted by Crippen LogP contribution is -2.47. The Labute approximate surface area is 246 Å². The van der Waals surface area contributed by atoms with Crippen molar-refractivity contribution < 1.29 is 31.1 Å². The summed E-state index contributed by atoms with van der Waals surface area (Å²) in [6.07, 6.45) is 2.69. The van der Waals surface area contributed by atoms with Crippen LogP contribution in [0, 0.1) is 24.4 Å². The second-order valence-corrected chi connectivity index (χ2v) is 11.6. The predicted octanol–water partition coefficient (Wildman–Crippen LogP) is 4.13. The zero-order valence-corrected chi connectivity index (χ0v) is 24.3. The maximum atomic E-state index is 15.4. The summed E-state index contributed by atoms with van der Waals surface area (Å²) in [6.45, 7) is 4.07. The number of anilines is 1. The molecule has 5 rings (SSSR count). The van der Waals surface area contributed by atoms with Crippen molar-refractivity contribution >= 4 is 21.6 Å². The first kappa shape index (κ1) is 29.9. The lowest BCUT2D eigenvalue weighted by atomic mass is 9.97. The van der Waals surface area contributed by atoms with Gasteiger partial charge >= 0.3 is 0 Å². The van der Waals surface area contributed by atoms with Crippen LogP contribution >= 0.6 is 0 Å². The minimum atomic E-state index is -4.53. The van der Waals surface area contributed by atoms with Crippen molar-refractivity contribution in [2.45, 2.75) is 11.8 Å². The number of halogens is 3. The van der Waals surface area contributed by atoms with Gasteiger partial charge in [0.25, 0.3) is 15.9 Å². The van der Waals surface area contributed by atoms with Crippen LogP contribution in [0.1, 0.15) is 16.1 Å². The number of carbonyl (C=O) groups is 1. The molecule has 0 aliphatic carbocycles. The van der Waals surface area contributed by atoms with Crippen LogP contribution in [-0.2, 0) is 10.0 Å². The molecule has 2 aromatic carbocycles. The lowest BCUT2D eigenvalue weighted by Gasteiger charge is -2.32. The minimum absolute atomic E-state index is 0.0588. The number of aromatic nitrogens is 3. The highest BCUT2D eigenvalue weighted by Gasteiger charge is 2.25. The predicted molar refractivity (Wildman–Crippen MR) is 153 cm³/mol. The summed E-state index contributed by atoms with van der Waals surface area (Å²) in [5.74, 6) is -3.44. The zero-order chi connectivity index (χ0) is 30.9. The van der Waals surface area contributed by atoms with Gasteiger partial charge in [-0.15, -0.1) is 0 Å². The molecule has 0 unspecified atom stereocenters. The van der Waals surface area contributed by atoms with Crippen molar-refractivity contribution in [1.82, 2.24) is 24.8 Å². The Morgan fingerprint density at radius 2 is 1.67 bits per heavy atom. The van der Waals surface area contributed by atoms with Crippen molar-refractivity contribution in [3.05, 3.63) is 83.7 Å². The van der Waals surface area contributed by atoms with Crippen LogP contribution in [0.15, 0.2) is 59.9 Å². The Hall–Kier alpha value is -4.56. The number of nitrogens with one attached hydrogen (secondary N) is 1. The van der Waals surface area contributed by atoms with Crippen LogP contribution in [0.3, 0.4) is 0 Å². The summed E-state index contributed by atoms with van der Waals surface area (Å²) >= 11 is 0. The van der Waals surface area contributed by atoms with Crippen molar-refractivity contribution in [2.24, 2.45) is 0 Å². The fraction of sp³-hybridized carbons (Fsp3) is 0.241. The van der Waals surface area contributed by atoms with Gasteiger partial charge in [-0.25, -0.2) is 36.5 Å². The van der Waals surface area contributed by atoms with Crippen LogP contribution in [0.2, 0.25) is 0 Å². The Morgan fingerprint density at radius 3 is 2.35 bits per heavy atom. The highest BCUT2D eigenvalue weighted by molar-refractivity contribution is 7.92. The monoisotopic (exact) mass is 612 g/mol. The molecule has 0 atom stereocenters. The summed E-state index contributed by atoms with van der Waals surface area (Å²) in [5, 5.41) is 0. The van der Waals surface area contributed by atoms with E-state index in [1.807, 2.05) is 7.05 Å². The number of benzene rings is 2. The highest BCUT2D eigenvalue weighted by atomic mass is 32.2. The summed E-state index contributed by atoms with van der Waals surface area (Å²) in [6, 6.07) is 7.68. The number of carbonyl (C=O) groups excluding carboxylic acids is 1. The molecule has 0 radical (unpaired) electrons. The smallest absolute Gasteiger partial charge is 0.264 e. The van der Waals surface area contributed by atoms with E-state index in [1.54, 1.807) is 17.9 Å². The first-order chi connectivity index (χ1) is 20.5. The molecule has 14 heteroatoms. The van der Waals surface area contributed by atoms with Crippen LogP contribution < -0.4 is 9.46 Å². The van der Waals surface area contributed by atoms with Crippen molar-refractivity contribution in [2.75, 3.05) is 45.1 Å². The Balaban J connectivity index is 1.52. The van der Waals surface area contributed by atoms with Gasteiger partial charge in [-0.1, -0.05) is 6.07 Å². The average molecular weight is 613 g/mol. The molecule has 1 saturated heterocycles. The molecule has 1 N–H and O–H groups in total. The van der Waals surface area contributed by atoms with Crippen LogP contribution in [-0.4, -0.2) is 79.4 Å². The average Bonchev–Trinajstić information content (AvgIpc) is 2.96. The number of piperazine rings is 1. The topological polar surface area (TPSA) is 118 Å². The Kier molecular flexibility index (Phi) is 8.33. The molecule has 43 heavy (non-hydrogen) atoms. The number of ether oxygens (including phenoxy) is 1. The Bertz CT molecular complexity index is 1810. The van der Waals surface area contributed by atoms with E-state index in [4.69, 9.17) is 4.74 Å². The van der Waals surface area contributed by atoms with E-state index in [0.717, 1.165) is 12.1 Å². The van der Waals surface area contributed by atoms with Crippen LogP contribution in [0.5, 0.6) is 5.88 Å². The van der Waals surface area contributed by atoms with E-state index in [-0.39, 0.29) is 17.1 Å². The van der Waals surface area contributed by atoms with E-state index in [9.17, 15) is 22.0 Å². The maximum Gasteiger partial charge on any atom is 0.264 e. The zero-order valence-electron chi connectivity index (χ0n) is 23.4. The quantitative estimate of drug-likeness (QED) is 0.331. The maximum absolute atomic E-state index is 15.4. The standard InChI is InChI=1S/C29H27F3N6O4S/c1-17-26(19-13-24(28(42-3)33-15-19)36-43(40,41)25-7-5-20(30)14-23(25)32)27(35-16-34-17)18-4-6-21(22(31)12-18)29(39)38-10-8-37(2)9-11-38/h4-7,12-16,36H,8-11H2,1-3H3. The molecule has 2 aromatic heterocycles. The third-order valence-corrected chi connectivity index (χ3v) is 8.46. The van der Waals surface area contributed by atoms with E-state index in [0.29, 0.717) is 60.3 Å². The second kappa shape index (κ2) is 12.0. The van der Waals surface area contributed by atoms with E-state index < -0.39 is 38.3 Å². The molecule has 0 spiro atoms. The fourth-order valence-electron chi connectivity index (χ4n) is 4.77. The summed E-state index contributed by atoms with van der Waals surface area (Å²) < 4.78 is 76.5. The Morgan fingerprint density at radius 1 is 0.930 bits per heavy atom. The van der Waals surface area contributed by atoms with Crippen molar-refractivity contribution in [1.29, 1.82) is 0 Å². The molecule has 224 valence electrons. The van der Waals surface area contributed by atoms with Crippen molar-refractivity contribution in [3.8, 4) is 28.3 Å². The van der Waals surface area contributed by atoms with Crippen LogP contribution in [0.4, 0.5) is 18.9 Å². The molecule has 10 nitrogen and oxygen atoms in total. The van der Waals surface area contributed by atoms with Gasteiger partial charge in [0.2, 0.25) is 5.88 Å². The summed E-state index contributed by atoms with van der Waals surface area (Å²) in [7, 11) is -1.30. The first-order valence-corrected chi connectivity index (χ1v) is 14.6. The van der Waals surface area contributed by atoms with Gasteiger partial charge < -0.3 is 14.5 Å². The number of hydrogen-bond acceptors (Lipinski definition) is 8. The molecule has 4 aromatic rings. The lowest BCUT2D eigenvalue weighted by molar-refractivity contribution is 0.0659. The highest BCUT2D eigenvalue weighted by Crippen LogP contribution is 2.36. The third kappa shape index (κ3) is 6.15. The number of amides is 1. The van der Waals surface area contributed by atoms with Gasteiger partial charge in [0.1, 0.15) is 34.4 Å². The van der Waals surface area contributed by atoms with Gasteiger partial charge in [-0.3, -0.25) is 9.52 Å².